The Balaban J connectivity index is 1.68. The number of carbonyl (C=O) groups excluding carboxylic acids is 2. The number of carbonyl (C=O) groups is 2. The van der Waals surface area contributed by atoms with Crippen molar-refractivity contribution in [2.45, 2.75) is 32.4 Å². The average Bonchev–Trinajstić information content (AvgIpc) is 2.96. The van der Waals surface area contributed by atoms with Gasteiger partial charge < -0.3 is 10.6 Å². The fourth-order valence-electron chi connectivity index (χ4n) is 2.88. The minimum atomic E-state index is -0.410. The summed E-state index contributed by atoms with van der Waals surface area (Å²) in [6.45, 7) is 5.49. The third-order valence-electron chi connectivity index (χ3n) is 4.03. The first-order valence-electron chi connectivity index (χ1n) is 7.71. The number of amides is 2. The van der Waals surface area contributed by atoms with Crippen molar-refractivity contribution in [1.82, 2.24) is 15.2 Å². The zero-order valence-electron chi connectivity index (χ0n) is 13.2. The number of fused-ring (bicyclic) bond motifs is 1. The molecule has 6 nitrogen and oxygen atoms in total. The smallest absolute Gasteiger partial charge is 0.237 e. The van der Waals surface area contributed by atoms with E-state index in [4.69, 9.17) is 0 Å². The molecule has 3 rings (SSSR count). The Morgan fingerprint density at radius 3 is 3.13 bits per heavy atom. The largest absolute Gasteiger partial charge is 0.353 e. The summed E-state index contributed by atoms with van der Waals surface area (Å²) in [6, 6.07) is 5.47. The summed E-state index contributed by atoms with van der Waals surface area (Å²) in [7, 11) is 0. The predicted molar refractivity (Wildman–Crippen MR) is 91.5 cm³/mol. The number of hydrogen-bond acceptors (Lipinski definition) is 5. The Bertz CT molecular complexity index is 728. The van der Waals surface area contributed by atoms with E-state index in [9.17, 15) is 9.59 Å². The normalized spacial score (nSPS) is 19.1. The topological polar surface area (TPSA) is 74.3 Å². The Morgan fingerprint density at radius 1 is 1.52 bits per heavy atom. The third-order valence-corrected chi connectivity index (χ3v) is 4.84. The van der Waals surface area contributed by atoms with Crippen LogP contribution < -0.4 is 10.6 Å². The Hall–Kier alpha value is -1.99. The van der Waals surface area contributed by atoms with E-state index in [0.717, 1.165) is 16.8 Å². The van der Waals surface area contributed by atoms with Crippen LogP contribution in [-0.4, -0.2) is 46.9 Å². The molecular formula is C16H20N4O2S. The molecule has 2 amide bonds. The minimum absolute atomic E-state index is 0.0740. The molecule has 1 saturated heterocycles. The molecule has 1 aromatic carbocycles. The van der Waals surface area contributed by atoms with Gasteiger partial charge in [0.25, 0.3) is 0 Å². The lowest BCUT2D eigenvalue weighted by Gasteiger charge is -2.37. The first-order valence-corrected chi connectivity index (χ1v) is 8.59. The van der Waals surface area contributed by atoms with E-state index in [-0.39, 0.29) is 24.3 Å². The zero-order valence-corrected chi connectivity index (χ0v) is 14.0. The summed E-state index contributed by atoms with van der Waals surface area (Å²) in [5.41, 5.74) is 3.36. The quantitative estimate of drug-likeness (QED) is 0.896. The average molecular weight is 332 g/mol. The van der Waals surface area contributed by atoms with Gasteiger partial charge in [0.05, 0.1) is 28.2 Å². The van der Waals surface area contributed by atoms with Crippen molar-refractivity contribution in [3.63, 3.8) is 0 Å². The highest BCUT2D eigenvalue weighted by molar-refractivity contribution is 7.16. The minimum Gasteiger partial charge on any atom is -0.353 e. The molecule has 122 valence electrons. The molecule has 0 saturated carbocycles. The number of nitrogens with one attached hydrogen (secondary N) is 2. The van der Waals surface area contributed by atoms with Crippen LogP contribution in [0.2, 0.25) is 0 Å². The van der Waals surface area contributed by atoms with Crippen molar-refractivity contribution in [2.75, 3.05) is 18.4 Å². The number of hydrogen-bond donors (Lipinski definition) is 2. The van der Waals surface area contributed by atoms with Crippen molar-refractivity contribution < 1.29 is 9.59 Å². The van der Waals surface area contributed by atoms with Gasteiger partial charge in [0, 0.05) is 24.8 Å². The highest BCUT2D eigenvalue weighted by Crippen LogP contribution is 2.22. The van der Waals surface area contributed by atoms with Gasteiger partial charge in [-0.25, -0.2) is 4.98 Å². The van der Waals surface area contributed by atoms with Crippen molar-refractivity contribution in [2.24, 2.45) is 0 Å². The van der Waals surface area contributed by atoms with Crippen LogP contribution in [0.3, 0.4) is 0 Å². The SMILES string of the molecule is CC(C)N1CCNC(=O)C1CC(=O)Nc1ccc2scnc2c1. The highest BCUT2D eigenvalue weighted by atomic mass is 32.1. The summed E-state index contributed by atoms with van der Waals surface area (Å²) in [4.78, 5) is 30.7. The maximum atomic E-state index is 12.3. The fraction of sp³-hybridized carbons (Fsp3) is 0.438. The molecular weight excluding hydrogens is 312 g/mol. The molecule has 0 aliphatic carbocycles. The molecule has 2 N–H and O–H groups in total. The van der Waals surface area contributed by atoms with Crippen LogP contribution in [0.15, 0.2) is 23.7 Å². The van der Waals surface area contributed by atoms with E-state index >= 15 is 0 Å². The molecule has 2 heterocycles. The number of anilines is 1. The molecule has 0 spiro atoms. The Morgan fingerprint density at radius 2 is 2.35 bits per heavy atom. The third kappa shape index (κ3) is 3.51. The van der Waals surface area contributed by atoms with E-state index in [1.165, 1.54) is 0 Å². The zero-order chi connectivity index (χ0) is 16.4. The van der Waals surface area contributed by atoms with Crippen LogP contribution in [0.1, 0.15) is 20.3 Å². The van der Waals surface area contributed by atoms with Crippen LogP contribution in [0.25, 0.3) is 10.2 Å². The molecule has 2 aromatic rings. The van der Waals surface area contributed by atoms with Crippen molar-refractivity contribution >= 4 is 39.1 Å². The van der Waals surface area contributed by atoms with E-state index in [2.05, 4.69) is 20.5 Å². The van der Waals surface area contributed by atoms with Gasteiger partial charge in [-0.1, -0.05) is 0 Å². The Labute approximate surface area is 138 Å². The number of piperazine rings is 1. The lowest BCUT2D eigenvalue weighted by Crippen LogP contribution is -2.58. The van der Waals surface area contributed by atoms with Gasteiger partial charge in [-0.2, -0.15) is 0 Å². The number of thiazole rings is 1. The van der Waals surface area contributed by atoms with Gasteiger partial charge in [0.1, 0.15) is 0 Å². The summed E-state index contributed by atoms with van der Waals surface area (Å²) < 4.78 is 1.08. The van der Waals surface area contributed by atoms with E-state index in [1.54, 1.807) is 16.8 Å². The first kappa shape index (κ1) is 15.9. The van der Waals surface area contributed by atoms with E-state index in [1.807, 2.05) is 32.0 Å². The second kappa shape index (κ2) is 6.64. The molecule has 0 bridgehead atoms. The maximum Gasteiger partial charge on any atom is 0.237 e. The van der Waals surface area contributed by atoms with Crippen molar-refractivity contribution in [3.8, 4) is 0 Å². The van der Waals surface area contributed by atoms with Crippen LogP contribution >= 0.6 is 11.3 Å². The van der Waals surface area contributed by atoms with Crippen LogP contribution in [0, 0.1) is 0 Å². The van der Waals surface area contributed by atoms with E-state index < -0.39 is 6.04 Å². The van der Waals surface area contributed by atoms with Gasteiger partial charge >= 0.3 is 0 Å². The van der Waals surface area contributed by atoms with Crippen molar-refractivity contribution in [1.29, 1.82) is 0 Å². The number of rotatable bonds is 4. The van der Waals surface area contributed by atoms with Gasteiger partial charge in [-0.05, 0) is 32.0 Å². The standard InChI is InChI=1S/C16H20N4O2S/c1-10(2)20-6-5-17-16(22)13(20)8-15(21)19-11-3-4-14-12(7-11)18-9-23-14/h3-4,7,9-10,13H,5-6,8H2,1-2H3,(H,17,22)(H,19,21). The molecule has 1 aliphatic rings. The fourth-order valence-corrected chi connectivity index (χ4v) is 3.54. The maximum absolute atomic E-state index is 12.3. The van der Waals surface area contributed by atoms with Crippen LogP contribution in [0.4, 0.5) is 5.69 Å². The summed E-state index contributed by atoms with van der Waals surface area (Å²) in [6.07, 6.45) is 0.152. The number of aromatic nitrogens is 1. The molecule has 23 heavy (non-hydrogen) atoms. The number of nitrogens with zero attached hydrogens (tertiary/aromatic N) is 2. The van der Waals surface area contributed by atoms with Crippen molar-refractivity contribution in [3.05, 3.63) is 23.7 Å². The summed E-state index contributed by atoms with van der Waals surface area (Å²) >= 11 is 1.56. The summed E-state index contributed by atoms with van der Waals surface area (Å²) in [5.74, 6) is -0.234. The molecule has 0 radical (unpaired) electrons. The molecule has 1 atom stereocenters. The molecule has 1 fully saturated rings. The molecule has 7 heteroatoms. The molecule has 1 unspecified atom stereocenters. The summed E-state index contributed by atoms with van der Waals surface area (Å²) in [5, 5.41) is 5.71. The van der Waals surface area contributed by atoms with Crippen LogP contribution in [-0.2, 0) is 9.59 Å². The van der Waals surface area contributed by atoms with Gasteiger partial charge in [-0.3, -0.25) is 14.5 Å². The van der Waals surface area contributed by atoms with Crippen LogP contribution in [0.5, 0.6) is 0 Å². The van der Waals surface area contributed by atoms with Gasteiger partial charge in [-0.15, -0.1) is 11.3 Å². The monoisotopic (exact) mass is 332 g/mol. The number of benzene rings is 1. The van der Waals surface area contributed by atoms with E-state index in [0.29, 0.717) is 12.2 Å². The predicted octanol–water partition coefficient (Wildman–Crippen LogP) is 1.83. The Kier molecular flexibility index (Phi) is 4.58. The highest BCUT2D eigenvalue weighted by Gasteiger charge is 2.32. The molecule has 1 aromatic heterocycles. The second-order valence-corrected chi connectivity index (χ2v) is 6.81. The lowest BCUT2D eigenvalue weighted by molar-refractivity contribution is -0.133. The molecule has 1 aliphatic heterocycles. The lowest BCUT2D eigenvalue weighted by atomic mass is 10.1. The van der Waals surface area contributed by atoms with Gasteiger partial charge in [0.2, 0.25) is 11.8 Å². The van der Waals surface area contributed by atoms with Gasteiger partial charge in [0.15, 0.2) is 0 Å². The second-order valence-electron chi connectivity index (χ2n) is 5.93. The first-order chi connectivity index (χ1) is 11.0.